The molecule has 0 spiro atoms. The first kappa shape index (κ1) is 17.0. The summed E-state index contributed by atoms with van der Waals surface area (Å²) in [6.07, 6.45) is 5.14. The molecule has 0 saturated carbocycles. The standard InChI is InChI=1S/C19H24N4O3/c1-14-5-3-7-22-13-15(20-16(14)22)17(24)23-8-4-6-19(23,2)18(25)21-9-11-26-12-10-21/h3,5,7,13H,4,6,8-12H2,1-2H3/t19-/m0/s1. The minimum absolute atomic E-state index is 0.0200. The molecule has 0 bridgehead atoms. The molecular weight excluding hydrogens is 332 g/mol. The molecule has 26 heavy (non-hydrogen) atoms. The zero-order valence-electron chi connectivity index (χ0n) is 15.3. The lowest BCUT2D eigenvalue weighted by Gasteiger charge is -2.39. The summed E-state index contributed by atoms with van der Waals surface area (Å²) in [6.45, 7) is 6.73. The zero-order chi connectivity index (χ0) is 18.3. The number of aromatic nitrogens is 2. The van der Waals surface area contributed by atoms with Gasteiger partial charge in [0.2, 0.25) is 5.91 Å². The van der Waals surface area contributed by atoms with Crippen LogP contribution in [0, 0.1) is 6.92 Å². The molecule has 4 rings (SSSR count). The Bertz CT molecular complexity index is 856. The highest BCUT2D eigenvalue weighted by Gasteiger charge is 2.48. The number of hydrogen-bond acceptors (Lipinski definition) is 4. The van der Waals surface area contributed by atoms with Crippen LogP contribution < -0.4 is 0 Å². The second-order valence-electron chi connectivity index (χ2n) is 7.29. The van der Waals surface area contributed by atoms with Crippen molar-refractivity contribution in [2.45, 2.75) is 32.2 Å². The van der Waals surface area contributed by atoms with Crippen LogP contribution in [0.1, 0.15) is 35.8 Å². The molecule has 0 aliphatic carbocycles. The highest BCUT2D eigenvalue weighted by atomic mass is 16.5. The lowest BCUT2D eigenvalue weighted by molar-refractivity contribution is -0.144. The van der Waals surface area contributed by atoms with Crippen molar-refractivity contribution in [3.05, 3.63) is 35.8 Å². The Morgan fingerprint density at radius 1 is 1.23 bits per heavy atom. The molecule has 4 heterocycles. The number of rotatable bonds is 2. The average molecular weight is 356 g/mol. The maximum Gasteiger partial charge on any atom is 0.274 e. The van der Waals surface area contributed by atoms with E-state index >= 15 is 0 Å². The normalized spacial score (nSPS) is 23.6. The van der Waals surface area contributed by atoms with Crippen LogP contribution in [0.15, 0.2) is 24.5 Å². The van der Waals surface area contributed by atoms with Gasteiger partial charge < -0.3 is 18.9 Å². The average Bonchev–Trinajstić information content (AvgIpc) is 3.27. The number of morpholine rings is 1. The van der Waals surface area contributed by atoms with Crippen molar-refractivity contribution in [2.75, 3.05) is 32.8 Å². The van der Waals surface area contributed by atoms with E-state index in [1.807, 2.05) is 41.5 Å². The molecule has 0 unspecified atom stereocenters. The maximum absolute atomic E-state index is 13.2. The largest absolute Gasteiger partial charge is 0.378 e. The van der Waals surface area contributed by atoms with Crippen LogP contribution in [0.5, 0.6) is 0 Å². The molecule has 2 fully saturated rings. The van der Waals surface area contributed by atoms with Crippen molar-refractivity contribution in [1.29, 1.82) is 0 Å². The SMILES string of the molecule is Cc1cccn2cc(C(=O)N3CCC[C@@]3(C)C(=O)N3CCOCC3)nc12. The van der Waals surface area contributed by atoms with E-state index < -0.39 is 5.54 Å². The minimum atomic E-state index is -0.806. The highest BCUT2D eigenvalue weighted by Crippen LogP contribution is 2.32. The van der Waals surface area contributed by atoms with Gasteiger partial charge in [-0.05, 0) is 38.3 Å². The van der Waals surface area contributed by atoms with Gasteiger partial charge in [0.15, 0.2) is 0 Å². The van der Waals surface area contributed by atoms with Gasteiger partial charge in [0, 0.05) is 32.0 Å². The van der Waals surface area contributed by atoms with Gasteiger partial charge in [0.1, 0.15) is 16.9 Å². The van der Waals surface area contributed by atoms with Gasteiger partial charge in [-0.15, -0.1) is 0 Å². The van der Waals surface area contributed by atoms with E-state index in [0.29, 0.717) is 45.0 Å². The molecule has 7 heteroatoms. The molecule has 138 valence electrons. The summed E-state index contributed by atoms with van der Waals surface area (Å²) in [4.78, 5) is 34.4. The van der Waals surface area contributed by atoms with Gasteiger partial charge in [-0.25, -0.2) is 4.98 Å². The fraction of sp³-hybridized carbons (Fsp3) is 0.526. The van der Waals surface area contributed by atoms with Crippen LogP contribution >= 0.6 is 0 Å². The number of hydrogen-bond donors (Lipinski definition) is 0. The molecule has 0 N–H and O–H groups in total. The van der Waals surface area contributed by atoms with Gasteiger partial charge in [0.05, 0.1) is 13.2 Å². The monoisotopic (exact) mass is 356 g/mol. The number of amides is 2. The van der Waals surface area contributed by atoms with Crippen molar-refractivity contribution in [3.63, 3.8) is 0 Å². The topological polar surface area (TPSA) is 67.2 Å². The molecule has 2 aromatic heterocycles. The third-order valence-electron chi connectivity index (χ3n) is 5.54. The van der Waals surface area contributed by atoms with Crippen molar-refractivity contribution in [3.8, 4) is 0 Å². The Labute approximate surface area is 152 Å². The van der Waals surface area contributed by atoms with E-state index in [4.69, 9.17) is 4.74 Å². The second-order valence-corrected chi connectivity index (χ2v) is 7.29. The number of ether oxygens (including phenoxy) is 1. The van der Waals surface area contributed by atoms with Gasteiger partial charge in [-0.1, -0.05) is 6.07 Å². The fourth-order valence-electron chi connectivity index (χ4n) is 4.01. The molecule has 2 amide bonds. The van der Waals surface area contributed by atoms with Gasteiger partial charge in [-0.3, -0.25) is 9.59 Å². The van der Waals surface area contributed by atoms with E-state index in [1.165, 1.54) is 0 Å². The van der Waals surface area contributed by atoms with Crippen LogP contribution in [0.25, 0.3) is 5.65 Å². The number of fused-ring (bicyclic) bond motifs is 1. The Hall–Kier alpha value is -2.41. The van der Waals surface area contributed by atoms with E-state index in [2.05, 4.69) is 4.98 Å². The molecule has 0 radical (unpaired) electrons. The Morgan fingerprint density at radius 2 is 2.00 bits per heavy atom. The molecule has 2 saturated heterocycles. The number of nitrogens with zero attached hydrogens (tertiary/aromatic N) is 4. The highest BCUT2D eigenvalue weighted by molar-refractivity contribution is 5.98. The molecular formula is C19H24N4O3. The first-order chi connectivity index (χ1) is 12.5. The van der Waals surface area contributed by atoms with Gasteiger partial charge in [-0.2, -0.15) is 0 Å². The molecule has 1 atom stereocenters. The zero-order valence-corrected chi connectivity index (χ0v) is 15.3. The lowest BCUT2D eigenvalue weighted by Crippen LogP contribution is -2.58. The third-order valence-corrected chi connectivity index (χ3v) is 5.54. The second kappa shape index (κ2) is 6.39. The number of pyridine rings is 1. The summed E-state index contributed by atoms with van der Waals surface area (Å²) >= 11 is 0. The summed E-state index contributed by atoms with van der Waals surface area (Å²) in [5, 5.41) is 0. The maximum atomic E-state index is 13.2. The lowest BCUT2D eigenvalue weighted by atomic mass is 9.96. The first-order valence-corrected chi connectivity index (χ1v) is 9.14. The number of imidazole rings is 1. The van der Waals surface area contributed by atoms with Crippen LogP contribution in [0.2, 0.25) is 0 Å². The van der Waals surface area contributed by atoms with E-state index in [-0.39, 0.29) is 11.8 Å². The first-order valence-electron chi connectivity index (χ1n) is 9.14. The molecule has 7 nitrogen and oxygen atoms in total. The van der Waals surface area contributed by atoms with Crippen LogP contribution in [0.3, 0.4) is 0 Å². The number of aryl methyl sites for hydroxylation is 1. The minimum Gasteiger partial charge on any atom is -0.378 e. The van der Waals surface area contributed by atoms with Crippen molar-refractivity contribution >= 4 is 17.5 Å². The summed E-state index contributed by atoms with van der Waals surface area (Å²) in [5.74, 6) is -0.152. The predicted octanol–water partition coefficient (Wildman–Crippen LogP) is 1.50. The Morgan fingerprint density at radius 3 is 2.73 bits per heavy atom. The Balaban J connectivity index is 1.63. The third kappa shape index (κ3) is 2.67. The van der Waals surface area contributed by atoms with Crippen molar-refractivity contribution in [2.24, 2.45) is 0 Å². The summed E-state index contributed by atoms with van der Waals surface area (Å²) < 4.78 is 7.21. The van der Waals surface area contributed by atoms with Gasteiger partial charge >= 0.3 is 0 Å². The fourth-order valence-corrected chi connectivity index (χ4v) is 4.01. The Kier molecular flexibility index (Phi) is 4.19. The number of carbonyl (C=O) groups excluding carboxylic acids is 2. The van der Waals surface area contributed by atoms with E-state index in [1.54, 1.807) is 11.1 Å². The number of likely N-dealkylation sites (tertiary alicyclic amines) is 1. The smallest absolute Gasteiger partial charge is 0.274 e. The molecule has 2 aliphatic heterocycles. The molecule has 2 aliphatic rings. The van der Waals surface area contributed by atoms with E-state index in [0.717, 1.165) is 17.6 Å². The molecule has 0 aromatic carbocycles. The van der Waals surface area contributed by atoms with Crippen LogP contribution in [-0.2, 0) is 9.53 Å². The predicted molar refractivity (Wildman–Crippen MR) is 96.0 cm³/mol. The molecule has 2 aromatic rings. The number of carbonyl (C=O) groups is 2. The van der Waals surface area contributed by atoms with Crippen molar-refractivity contribution < 1.29 is 14.3 Å². The summed E-state index contributed by atoms with van der Waals surface area (Å²) in [7, 11) is 0. The van der Waals surface area contributed by atoms with Crippen LogP contribution in [-0.4, -0.2) is 69.4 Å². The quantitative estimate of drug-likeness (QED) is 0.818. The van der Waals surface area contributed by atoms with E-state index in [9.17, 15) is 9.59 Å². The summed E-state index contributed by atoms with van der Waals surface area (Å²) in [6, 6.07) is 3.90. The van der Waals surface area contributed by atoms with Crippen molar-refractivity contribution in [1.82, 2.24) is 19.2 Å². The van der Waals surface area contributed by atoms with Crippen LogP contribution in [0.4, 0.5) is 0 Å². The van der Waals surface area contributed by atoms with Gasteiger partial charge in [0.25, 0.3) is 5.91 Å². The summed E-state index contributed by atoms with van der Waals surface area (Å²) in [5.41, 5.74) is 1.37.